The zero-order valence-corrected chi connectivity index (χ0v) is 25.7. The van der Waals surface area contributed by atoms with E-state index >= 15 is 0 Å². The van der Waals surface area contributed by atoms with Gasteiger partial charge in [0.2, 0.25) is 0 Å². The quantitative estimate of drug-likeness (QED) is 0.137. The van der Waals surface area contributed by atoms with Gasteiger partial charge in [0.25, 0.3) is 0 Å². The number of thiazole rings is 1. The van der Waals surface area contributed by atoms with Gasteiger partial charge < -0.3 is 20.5 Å². The number of anilines is 3. The van der Waals surface area contributed by atoms with E-state index in [1.807, 2.05) is 63.4 Å². The SMILES string of the molecule is CC(C)(C)c1cc(NC(=O)Nc2ccc(-c3cn4c(n3)sc3nc(NCC5(NCc6ccccc6)CC5)ccc34)cc2)no1. The second-order valence-corrected chi connectivity index (χ2v) is 13.3. The van der Waals surface area contributed by atoms with Crippen molar-refractivity contribution in [1.29, 1.82) is 0 Å². The van der Waals surface area contributed by atoms with Gasteiger partial charge in [-0.25, -0.2) is 14.8 Å². The van der Waals surface area contributed by atoms with Gasteiger partial charge in [0.05, 0.1) is 11.2 Å². The maximum atomic E-state index is 12.5. The molecule has 0 saturated heterocycles. The van der Waals surface area contributed by atoms with Crippen molar-refractivity contribution in [3.05, 3.63) is 90.3 Å². The molecular weight excluding hydrogens is 572 g/mol. The zero-order chi connectivity index (χ0) is 30.3. The number of hydrogen-bond acceptors (Lipinski definition) is 8. The highest BCUT2D eigenvalue weighted by Crippen LogP contribution is 2.36. The Bertz CT molecular complexity index is 1930. The maximum absolute atomic E-state index is 12.5. The average Bonchev–Trinajstić information content (AvgIpc) is 3.28. The van der Waals surface area contributed by atoms with Crippen LogP contribution in [0.5, 0.6) is 0 Å². The number of carbonyl (C=O) groups excluding carboxylic acids is 1. The predicted molar refractivity (Wildman–Crippen MR) is 175 cm³/mol. The van der Waals surface area contributed by atoms with E-state index < -0.39 is 6.03 Å². The van der Waals surface area contributed by atoms with Gasteiger partial charge in [-0.15, -0.1) is 0 Å². The van der Waals surface area contributed by atoms with E-state index in [2.05, 4.69) is 61.2 Å². The number of hydrogen-bond donors (Lipinski definition) is 4. The van der Waals surface area contributed by atoms with Crippen LogP contribution >= 0.6 is 11.3 Å². The molecular formula is C33H34N8O2S. The number of pyridine rings is 1. The fourth-order valence-corrected chi connectivity index (χ4v) is 6.01. The molecule has 6 aromatic rings. The minimum atomic E-state index is -0.391. The minimum Gasteiger partial charge on any atom is -0.368 e. The highest BCUT2D eigenvalue weighted by atomic mass is 32.1. The van der Waals surface area contributed by atoms with E-state index in [0.717, 1.165) is 58.3 Å². The number of urea groups is 1. The van der Waals surface area contributed by atoms with Crippen molar-refractivity contribution in [2.24, 2.45) is 0 Å². The lowest BCUT2D eigenvalue weighted by atomic mass is 9.93. The van der Waals surface area contributed by atoms with Crippen molar-refractivity contribution in [3.63, 3.8) is 0 Å². The standard InChI is InChI=1S/C33H34N8O2S/c1-32(2,3)26-17-28(40-43-26)39-30(42)36-23-11-9-22(10-12-23)24-19-41-25-13-14-27(38-29(25)44-31(41)37-24)34-20-33(15-16-33)35-18-21-7-5-4-6-8-21/h4-14,17,19,35H,15-16,18,20H2,1-3H3,(H,34,38)(H2,36,39,40,42). The highest BCUT2D eigenvalue weighted by Gasteiger charge is 2.41. The molecule has 44 heavy (non-hydrogen) atoms. The van der Waals surface area contributed by atoms with Crippen molar-refractivity contribution in [2.45, 2.75) is 51.1 Å². The Morgan fingerprint density at radius 3 is 2.50 bits per heavy atom. The van der Waals surface area contributed by atoms with Crippen LogP contribution in [0, 0.1) is 0 Å². The summed E-state index contributed by atoms with van der Waals surface area (Å²) in [6.45, 7) is 7.78. The molecule has 4 aromatic heterocycles. The van der Waals surface area contributed by atoms with Crippen molar-refractivity contribution < 1.29 is 9.32 Å². The number of nitrogens with zero attached hydrogens (tertiary/aromatic N) is 4. The first-order valence-corrected chi connectivity index (χ1v) is 15.5. The Morgan fingerprint density at radius 1 is 0.977 bits per heavy atom. The number of rotatable bonds is 9. The summed E-state index contributed by atoms with van der Waals surface area (Å²) < 4.78 is 7.41. The first kappa shape index (κ1) is 28.1. The molecule has 224 valence electrons. The van der Waals surface area contributed by atoms with E-state index in [0.29, 0.717) is 17.3 Å². The third-order valence-electron chi connectivity index (χ3n) is 7.86. The molecule has 0 aliphatic heterocycles. The van der Waals surface area contributed by atoms with E-state index in [-0.39, 0.29) is 11.0 Å². The van der Waals surface area contributed by atoms with Crippen LogP contribution in [-0.2, 0) is 12.0 Å². The molecule has 0 unspecified atom stereocenters. The van der Waals surface area contributed by atoms with Gasteiger partial charge in [-0.1, -0.05) is 79.7 Å². The Kier molecular flexibility index (Phi) is 7.06. The molecule has 7 rings (SSSR count). The summed E-state index contributed by atoms with van der Waals surface area (Å²) in [5, 5.41) is 16.8. The Balaban J connectivity index is 0.974. The number of imidazole rings is 1. The van der Waals surface area contributed by atoms with Crippen molar-refractivity contribution in [1.82, 2.24) is 24.8 Å². The fourth-order valence-electron chi connectivity index (χ4n) is 5.03. The summed E-state index contributed by atoms with van der Waals surface area (Å²) in [5.41, 5.74) is 4.73. The number of amides is 2. The molecule has 4 heterocycles. The van der Waals surface area contributed by atoms with Gasteiger partial charge in [0, 0.05) is 47.6 Å². The first-order chi connectivity index (χ1) is 21.2. The number of nitrogens with one attached hydrogen (secondary N) is 4. The number of carbonyl (C=O) groups is 1. The lowest BCUT2D eigenvalue weighted by Crippen LogP contribution is -2.37. The molecule has 0 atom stereocenters. The van der Waals surface area contributed by atoms with Crippen LogP contribution in [0.4, 0.5) is 22.1 Å². The van der Waals surface area contributed by atoms with Gasteiger partial charge in [-0.2, -0.15) is 0 Å². The Hall–Kier alpha value is -4.74. The molecule has 10 nitrogen and oxygen atoms in total. The summed E-state index contributed by atoms with van der Waals surface area (Å²) in [4.78, 5) is 24.0. The normalized spacial score (nSPS) is 14.2. The van der Waals surface area contributed by atoms with Crippen molar-refractivity contribution in [2.75, 3.05) is 22.5 Å². The molecule has 1 fully saturated rings. The van der Waals surface area contributed by atoms with E-state index in [1.165, 1.54) is 5.56 Å². The van der Waals surface area contributed by atoms with Crippen molar-refractivity contribution >= 4 is 50.0 Å². The molecule has 1 saturated carbocycles. The summed E-state index contributed by atoms with van der Waals surface area (Å²) >= 11 is 1.57. The summed E-state index contributed by atoms with van der Waals surface area (Å²) in [6, 6.07) is 23.6. The predicted octanol–water partition coefficient (Wildman–Crippen LogP) is 7.27. The molecule has 11 heteroatoms. The van der Waals surface area contributed by atoms with Crippen LogP contribution in [0.15, 0.2) is 83.5 Å². The van der Waals surface area contributed by atoms with Gasteiger partial charge >= 0.3 is 6.03 Å². The van der Waals surface area contributed by atoms with Gasteiger partial charge in [0.15, 0.2) is 10.8 Å². The topological polar surface area (TPSA) is 121 Å². The minimum absolute atomic E-state index is 0.132. The lowest BCUT2D eigenvalue weighted by molar-refractivity contribution is 0.262. The van der Waals surface area contributed by atoms with Crippen LogP contribution < -0.4 is 21.3 Å². The van der Waals surface area contributed by atoms with Crippen LogP contribution in [0.3, 0.4) is 0 Å². The fraction of sp³-hybridized carbons (Fsp3) is 0.273. The smallest absolute Gasteiger partial charge is 0.324 e. The Labute approximate surface area is 258 Å². The van der Waals surface area contributed by atoms with E-state index in [4.69, 9.17) is 14.5 Å². The maximum Gasteiger partial charge on any atom is 0.324 e. The molecule has 2 amide bonds. The summed E-state index contributed by atoms with van der Waals surface area (Å²) in [6.07, 6.45) is 4.36. The van der Waals surface area contributed by atoms with Gasteiger partial charge in [0.1, 0.15) is 16.4 Å². The van der Waals surface area contributed by atoms with Crippen LogP contribution in [0.2, 0.25) is 0 Å². The van der Waals surface area contributed by atoms with Crippen molar-refractivity contribution in [3.8, 4) is 11.3 Å². The largest absolute Gasteiger partial charge is 0.368 e. The second-order valence-electron chi connectivity index (χ2n) is 12.4. The zero-order valence-electron chi connectivity index (χ0n) is 24.8. The highest BCUT2D eigenvalue weighted by molar-refractivity contribution is 7.23. The van der Waals surface area contributed by atoms with E-state index in [9.17, 15) is 4.79 Å². The number of benzene rings is 2. The summed E-state index contributed by atoms with van der Waals surface area (Å²) in [5.74, 6) is 1.95. The van der Waals surface area contributed by atoms with Gasteiger partial charge in [-0.05, 0) is 42.7 Å². The molecule has 0 radical (unpaired) electrons. The summed E-state index contributed by atoms with van der Waals surface area (Å²) in [7, 11) is 0. The molecule has 1 aliphatic carbocycles. The second kappa shape index (κ2) is 11.1. The molecule has 2 aromatic carbocycles. The third-order valence-corrected chi connectivity index (χ3v) is 8.83. The van der Waals surface area contributed by atoms with Gasteiger partial charge in [-0.3, -0.25) is 9.72 Å². The van der Waals surface area contributed by atoms with Crippen LogP contribution in [-0.4, -0.2) is 37.6 Å². The number of fused-ring (bicyclic) bond motifs is 3. The first-order valence-electron chi connectivity index (χ1n) is 14.7. The molecule has 0 bridgehead atoms. The lowest BCUT2D eigenvalue weighted by Gasteiger charge is -2.18. The van der Waals surface area contributed by atoms with Crippen LogP contribution in [0.25, 0.3) is 26.6 Å². The third kappa shape index (κ3) is 6.01. The number of aromatic nitrogens is 4. The monoisotopic (exact) mass is 606 g/mol. The molecule has 0 spiro atoms. The average molecular weight is 607 g/mol. The Morgan fingerprint density at radius 2 is 1.77 bits per heavy atom. The molecule has 1 aliphatic rings. The van der Waals surface area contributed by atoms with Crippen LogP contribution in [0.1, 0.15) is 44.9 Å². The van der Waals surface area contributed by atoms with E-state index in [1.54, 1.807) is 17.4 Å². The molecule has 4 N–H and O–H groups in total.